The lowest BCUT2D eigenvalue weighted by Crippen LogP contribution is -1.90. The second-order valence-corrected chi connectivity index (χ2v) is 7.48. The zero-order valence-electron chi connectivity index (χ0n) is 18.3. The molecule has 4 rings (SSSR count). The molecule has 0 radical (unpaired) electrons. The number of benzene rings is 4. The van der Waals surface area contributed by atoms with E-state index in [4.69, 9.17) is 0 Å². The highest BCUT2D eigenvalue weighted by Gasteiger charge is 2.09. The van der Waals surface area contributed by atoms with Crippen LogP contribution in [0.2, 0.25) is 0 Å². The Morgan fingerprint density at radius 1 is 0.333 bits per heavy atom. The summed E-state index contributed by atoms with van der Waals surface area (Å²) >= 11 is 0. The molecule has 0 aliphatic rings. The van der Waals surface area contributed by atoms with Crippen molar-refractivity contribution < 1.29 is 35.8 Å². The average molecular weight is 498 g/mol. The summed E-state index contributed by atoms with van der Waals surface area (Å²) in [5, 5.41) is 0. The fourth-order valence-electron chi connectivity index (χ4n) is 3.43. The van der Waals surface area contributed by atoms with Gasteiger partial charge in [-0.25, -0.2) is 0 Å². The standard InChI is InChI=1S/C28H16F6O2/c29-25(30)27(33)35-23-13-9-21(10-14-23)19-5-1-17(2-6-19)18-3-7-20(8-4-18)22-11-15-24(16-12-22)36-28(34)26(31)32/h1-16H. The van der Waals surface area contributed by atoms with Crippen LogP contribution in [0, 0.1) is 0 Å². The Morgan fingerprint density at radius 3 is 0.722 bits per heavy atom. The predicted molar refractivity (Wildman–Crippen MR) is 125 cm³/mol. The fraction of sp³-hybridized carbons (Fsp3) is 0. The van der Waals surface area contributed by atoms with Gasteiger partial charge in [-0.2, -0.15) is 26.3 Å². The molecule has 36 heavy (non-hydrogen) atoms. The van der Waals surface area contributed by atoms with Crippen LogP contribution in [0.3, 0.4) is 0 Å². The number of halogens is 6. The first-order valence-electron chi connectivity index (χ1n) is 10.5. The average Bonchev–Trinajstić information content (AvgIpc) is 2.89. The number of hydrogen-bond donors (Lipinski definition) is 0. The Bertz CT molecular complexity index is 1270. The maximum absolute atomic E-state index is 12.9. The molecular weight excluding hydrogens is 482 g/mol. The van der Waals surface area contributed by atoms with E-state index in [1.54, 1.807) is 24.3 Å². The van der Waals surface area contributed by atoms with E-state index in [-0.39, 0.29) is 11.5 Å². The van der Waals surface area contributed by atoms with Gasteiger partial charge in [-0.15, -0.1) is 0 Å². The summed E-state index contributed by atoms with van der Waals surface area (Å²) in [4.78, 5) is 0. The highest BCUT2D eigenvalue weighted by Crippen LogP contribution is 2.30. The summed E-state index contributed by atoms with van der Waals surface area (Å²) in [6, 6.07) is 23.6. The van der Waals surface area contributed by atoms with Crippen molar-refractivity contribution in [3.8, 4) is 44.9 Å². The molecule has 0 spiro atoms. The normalized spacial score (nSPS) is 10.5. The molecular formula is C28H16F6O2. The highest BCUT2D eigenvalue weighted by atomic mass is 19.3. The molecule has 0 fully saturated rings. The van der Waals surface area contributed by atoms with E-state index in [1.807, 2.05) is 48.5 Å². The van der Waals surface area contributed by atoms with E-state index < -0.39 is 24.2 Å². The minimum atomic E-state index is -2.52. The van der Waals surface area contributed by atoms with Gasteiger partial charge in [0.05, 0.1) is 0 Å². The molecule has 2 nitrogen and oxygen atoms in total. The van der Waals surface area contributed by atoms with Crippen LogP contribution in [-0.2, 0) is 0 Å². The molecule has 0 aromatic heterocycles. The Kier molecular flexibility index (Phi) is 7.44. The molecule has 0 heterocycles. The molecule has 182 valence electrons. The summed E-state index contributed by atoms with van der Waals surface area (Å²) < 4.78 is 83.3. The van der Waals surface area contributed by atoms with E-state index in [2.05, 4.69) is 9.47 Å². The van der Waals surface area contributed by atoms with Crippen LogP contribution in [0.1, 0.15) is 0 Å². The molecule has 4 aromatic carbocycles. The van der Waals surface area contributed by atoms with Crippen molar-refractivity contribution in [3.05, 3.63) is 121 Å². The van der Waals surface area contributed by atoms with Gasteiger partial charge in [-0.3, -0.25) is 0 Å². The molecule has 4 aromatic rings. The first kappa shape index (κ1) is 24.7. The largest absolute Gasteiger partial charge is 0.428 e. The molecule has 0 amide bonds. The molecule has 0 saturated heterocycles. The maximum atomic E-state index is 12.9. The van der Waals surface area contributed by atoms with Gasteiger partial charge < -0.3 is 9.47 Å². The van der Waals surface area contributed by atoms with E-state index in [1.165, 1.54) is 24.3 Å². The van der Waals surface area contributed by atoms with Crippen molar-refractivity contribution in [2.45, 2.75) is 0 Å². The Hall–Kier alpha value is -4.46. The summed E-state index contributed by atoms with van der Waals surface area (Å²) in [6.07, 6.45) is -5.04. The van der Waals surface area contributed by atoms with Gasteiger partial charge in [-0.05, 0) is 57.6 Å². The van der Waals surface area contributed by atoms with Crippen molar-refractivity contribution in [1.82, 2.24) is 0 Å². The lowest BCUT2D eigenvalue weighted by molar-refractivity contribution is 0.241. The van der Waals surface area contributed by atoms with Gasteiger partial charge in [0.2, 0.25) is 0 Å². The molecule has 0 aliphatic carbocycles. The summed E-state index contributed by atoms with van der Waals surface area (Å²) in [6.45, 7) is 0. The second kappa shape index (κ2) is 10.9. The van der Waals surface area contributed by atoms with E-state index >= 15 is 0 Å². The van der Waals surface area contributed by atoms with Crippen LogP contribution in [0.25, 0.3) is 33.4 Å². The monoisotopic (exact) mass is 498 g/mol. The SMILES string of the molecule is FC(F)=C(F)Oc1ccc(-c2ccc(-c3ccc(-c4ccc(OC(F)=C(F)F)cc4)cc3)cc2)cc1. The second-order valence-electron chi connectivity index (χ2n) is 7.48. The van der Waals surface area contributed by atoms with Crippen molar-refractivity contribution in [2.24, 2.45) is 0 Å². The third kappa shape index (κ3) is 5.96. The van der Waals surface area contributed by atoms with Gasteiger partial charge in [-0.1, -0.05) is 72.8 Å². The Morgan fingerprint density at radius 2 is 0.528 bits per heavy atom. The van der Waals surface area contributed by atoms with Gasteiger partial charge in [0.25, 0.3) is 0 Å². The molecule has 0 bridgehead atoms. The first-order chi connectivity index (χ1) is 17.3. The number of rotatable bonds is 7. The van der Waals surface area contributed by atoms with Gasteiger partial charge in [0, 0.05) is 0 Å². The highest BCUT2D eigenvalue weighted by molar-refractivity contribution is 5.73. The quantitative estimate of drug-likeness (QED) is 0.187. The lowest BCUT2D eigenvalue weighted by atomic mass is 9.98. The van der Waals surface area contributed by atoms with Crippen molar-refractivity contribution >= 4 is 0 Å². The summed E-state index contributed by atoms with van der Waals surface area (Å²) in [5.41, 5.74) is 5.25. The van der Waals surface area contributed by atoms with Crippen LogP contribution >= 0.6 is 0 Å². The molecule has 0 aliphatic heterocycles. The van der Waals surface area contributed by atoms with Crippen LogP contribution < -0.4 is 9.47 Å². The number of hydrogen-bond acceptors (Lipinski definition) is 2. The van der Waals surface area contributed by atoms with E-state index in [0.717, 1.165) is 33.4 Å². The van der Waals surface area contributed by atoms with Crippen LogP contribution in [0.5, 0.6) is 11.5 Å². The first-order valence-corrected chi connectivity index (χ1v) is 10.5. The third-order valence-corrected chi connectivity index (χ3v) is 5.19. The molecule has 0 unspecified atom stereocenters. The van der Waals surface area contributed by atoms with Crippen LogP contribution in [-0.4, -0.2) is 0 Å². The summed E-state index contributed by atoms with van der Waals surface area (Å²) in [7, 11) is 0. The van der Waals surface area contributed by atoms with Gasteiger partial charge >= 0.3 is 24.2 Å². The van der Waals surface area contributed by atoms with Crippen LogP contribution in [0.4, 0.5) is 26.3 Å². The minimum Gasteiger partial charge on any atom is -0.428 e. The minimum absolute atomic E-state index is 0.0411. The smallest absolute Gasteiger partial charge is 0.344 e. The van der Waals surface area contributed by atoms with Crippen molar-refractivity contribution in [1.29, 1.82) is 0 Å². The maximum Gasteiger partial charge on any atom is 0.344 e. The Labute approximate surface area is 202 Å². The van der Waals surface area contributed by atoms with Crippen molar-refractivity contribution in [3.63, 3.8) is 0 Å². The Balaban J connectivity index is 1.44. The zero-order valence-corrected chi connectivity index (χ0v) is 18.3. The van der Waals surface area contributed by atoms with Crippen molar-refractivity contribution in [2.75, 3.05) is 0 Å². The third-order valence-electron chi connectivity index (χ3n) is 5.19. The predicted octanol–water partition coefficient (Wildman–Crippen LogP) is 9.52. The number of ether oxygens (including phenoxy) is 2. The van der Waals surface area contributed by atoms with Crippen LogP contribution in [0.15, 0.2) is 121 Å². The molecule has 0 saturated carbocycles. The van der Waals surface area contributed by atoms with E-state index in [9.17, 15) is 26.3 Å². The zero-order chi connectivity index (χ0) is 25.7. The molecule has 0 N–H and O–H groups in total. The van der Waals surface area contributed by atoms with Gasteiger partial charge in [0.15, 0.2) is 0 Å². The van der Waals surface area contributed by atoms with E-state index in [0.29, 0.717) is 0 Å². The van der Waals surface area contributed by atoms with Gasteiger partial charge in [0.1, 0.15) is 11.5 Å². The summed E-state index contributed by atoms with van der Waals surface area (Å²) in [5.74, 6) is -0.0823. The fourth-order valence-corrected chi connectivity index (χ4v) is 3.43. The lowest BCUT2D eigenvalue weighted by Gasteiger charge is -2.08. The molecule has 0 atom stereocenters. The topological polar surface area (TPSA) is 18.5 Å². The molecule has 8 heteroatoms.